The van der Waals surface area contributed by atoms with Crippen molar-refractivity contribution in [3.63, 3.8) is 0 Å². The number of aromatic amines is 1. The average Bonchev–Trinajstić information content (AvgIpc) is 3.33. The van der Waals surface area contributed by atoms with Gasteiger partial charge in [0.1, 0.15) is 12.4 Å². The third kappa shape index (κ3) is 4.91. The zero-order valence-corrected chi connectivity index (χ0v) is 19.7. The van der Waals surface area contributed by atoms with Crippen molar-refractivity contribution < 1.29 is 18.7 Å². The van der Waals surface area contributed by atoms with Crippen molar-refractivity contribution in [2.75, 3.05) is 13.1 Å². The van der Waals surface area contributed by atoms with Gasteiger partial charge >= 0.3 is 6.09 Å². The standard InChI is InChI=1S/C29H26FN3O3/c30-24-8-6-22(7-9-24)28-26(21-10-14-31-15-11-21)25(18-34)27(32-28)23-12-16-33(17-13-23)29(35)36-19-20-4-2-1-3-5-20/h1-11,14-15,18,23,32H,12-13,16-17,19H2. The fourth-order valence-electron chi connectivity index (χ4n) is 4.79. The van der Waals surface area contributed by atoms with E-state index >= 15 is 0 Å². The van der Waals surface area contributed by atoms with Gasteiger partial charge in [-0.2, -0.15) is 0 Å². The third-order valence-corrected chi connectivity index (χ3v) is 6.66. The van der Waals surface area contributed by atoms with Crippen molar-refractivity contribution >= 4 is 12.4 Å². The highest BCUT2D eigenvalue weighted by Crippen LogP contribution is 2.40. The smallest absolute Gasteiger partial charge is 0.410 e. The van der Waals surface area contributed by atoms with Crippen LogP contribution < -0.4 is 0 Å². The van der Waals surface area contributed by atoms with Gasteiger partial charge in [0.15, 0.2) is 6.29 Å². The van der Waals surface area contributed by atoms with E-state index in [4.69, 9.17) is 4.74 Å². The maximum Gasteiger partial charge on any atom is 0.410 e. The number of aldehydes is 1. The van der Waals surface area contributed by atoms with Gasteiger partial charge in [-0.3, -0.25) is 9.78 Å². The predicted octanol–water partition coefficient (Wildman–Crippen LogP) is 6.21. The van der Waals surface area contributed by atoms with Gasteiger partial charge in [-0.15, -0.1) is 0 Å². The lowest BCUT2D eigenvalue weighted by atomic mass is 9.89. The molecule has 0 saturated carbocycles. The van der Waals surface area contributed by atoms with E-state index in [0.717, 1.165) is 39.9 Å². The van der Waals surface area contributed by atoms with Crippen molar-refractivity contribution in [3.05, 3.63) is 102 Å². The molecule has 7 heteroatoms. The molecule has 2 aromatic heterocycles. The van der Waals surface area contributed by atoms with Gasteiger partial charge in [-0.05, 0) is 65.9 Å². The summed E-state index contributed by atoms with van der Waals surface area (Å²) in [4.78, 5) is 34.3. The number of likely N-dealkylation sites (tertiary alicyclic amines) is 1. The van der Waals surface area contributed by atoms with E-state index in [1.165, 1.54) is 12.1 Å². The Morgan fingerprint density at radius 2 is 1.69 bits per heavy atom. The number of rotatable bonds is 6. The number of nitrogens with one attached hydrogen (secondary N) is 1. The van der Waals surface area contributed by atoms with Crippen LogP contribution in [0.4, 0.5) is 9.18 Å². The quantitative estimate of drug-likeness (QED) is 0.331. The Hall–Kier alpha value is -4.26. The number of carbonyl (C=O) groups is 2. The number of ether oxygens (including phenoxy) is 1. The number of pyridine rings is 1. The van der Waals surface area contributed by atoms with Gasteiger partial charge < -0.3 is 14.6 Å². The number of halogens is 1. The first-order valence-electron chi connectivity index (χ1n) is 12.0. The molecule has 3 heterocycles. The molecule has 0 bridgehead atoms. The molecule has 1 amide bonds. The highest BCUT2D eigenvalue weighted by atomic mass is 19.1. The van der Waals surface area contributed by atoms with Crippen molar-refractivity contribution in [2.24, 2.45) is 0 Å². The van der Waals surface area contributed by atoms with Crippen LogP contribution in [-0.2, 0) is 11.3 Å². The monoisotopic (exact) mass is 483 g/mol. The molecule has 4 aromatic rings. The third-order valence-electron chi connectivity index (χ3n) is 6.66. The number of hydrogen-bond donors (Lipinski definition) is 1. The summed E-state index contributed by atoms with van der Waals surface area (Å²) < 4.78 is 19.1. The molecule has 1 N–H and O–H groups in total. The Kier molecular flexibility index (Phi) is 6.89. The molecule has 36 heavy (non-hydrogen) atoms. The fraction of sp³-hybridized carbons (Fsp3) is 0.207. The maximum absolute atomic E-state index is 13.6. The van der Waals surface area contributed by atoms with Crippen molar-refractivity contribution in [1.82, 2.24) is 14.9 Å². The van der Waals surface area contributed by atoms with Gasteiger partial charge in [0.25, 0.3) is 0 Å². The van der Waals surface area contributed by atoms with Gasteiger partial charge in [-0.25, -0.2) is 9.18 Å². The van der Waals surface area contributed by atoms with Crippen LogP contribution in [0, 0.1) is 5.82 Å². The average molecular weight is 484 g/mol. The van der Waals surface area contributed by atoms with Gasteiger partial charge in [0, 0.05) is 48.2 Å². The molecule has 0 radical (unpaired) electrons. The Morgan fingerprint density at radius 3 is 2.36 bits per heavy atom. The van der Waals surface area contributed by atoms with Crippen LogP contribution >= 0.6 is 0 Å². The van der Waals surface area contributed by atoms with E-state index in [1.807, 2.05) is 42.5 Å². The Bertz CT molecular complexity index is 1330. The second-order valence-electron chi connectivity index (χ2n) is 8.86. The number of H-pyrrole nitrogens is 1. The van der Waals surface area contributed by atoms with E-state index in [2.05, 4.69) is 9.97 Å². The van der Waals surface area contributed by atoms with Crippen molar-refractivity contribution in [3.8, 4) is 22.4 Å². The number of piperidine rings is 1. The van der Waals surface area contributed by atoms with Crippen LogP contribution in [0.5, 0.6) is 0 Å². The van der Waals surface area contributed by atoms with E-state index in [1.54, 1.807) is 29.4 Å². The summed E-state index contributed by atoms with van der Waals surface area (Å²) in [5.74, 6) is -0.253. The molecular formula is C29H26FN3O3. The molecule has 1 fully saturated rings. The summed E-state index contributed by atoms with van der Waals surface area (Å²) in [6, 6.07) is 19.5. The largest absolute Gasteiger partial charge is 0.445 e. The predicted molar refractivity (Wildman–Crippen MR) is 135 cm³/mol. The number of nitrogens with zero attached hydrogens (tertiary/aromatic N) is 2. The normalized spacial score (nSPS) is 14.0. The fourth-order valence-corrected chi connectivity index (χ4v) is 4.79. The molecular weight excluding hydrogens is 457 g/mol. The molecule has 5 rings (SSSR count). The number of aromatic nitrogens is 2. The topological polar surface area (TPSA) is 75.3 Å². The second-order valence-corrected chi connectivity index (χ2v) is 8.86. The lowest BCUT2D eigenvalue weighted by Crippen LogP contribution is -2.38. The first-order chi connectivity index (χ1) is 17.6. The maximum atomic E-state index is 13.6. The molecule has 1 aliphatic heterocycles. The lowest BCUT2D eigenvalue weighted by molar-refractivity contribution is 0.0867. The van der Waals surface area contributed by atoms with Crippen molar-refractivity contribution in [1.29, 1.82) is 0 Å². The summed E-state index contributed by atoms with van der Waals surface area (Å²) >= 11 is 0. The number of hydrogen-bond acceptors (Lipinski definition) is 4. The SMILES string of the molecule is O=Cc1c(C2CCN(C(=O)OCc3ccccc3)CC2)[nH]c(-c2ccc(F)cc2)c1-c1ccncc1. The van der Waals surface area contributed by atoms with Gasteiger partial charge in [-0.1, -0.05) is 30.3 Å². The molecule has 1 aliphatic rings. The first-order valence-corrected chi connectivity index (χ1v) is 12.0. The molecule has 0 spiro atoms. The minimum atomic E-state index is -0.330. The molecule has 1 saturated heterocycles. The van der Waals surface area contributed by atoms with Crippen LogP contribution in [0.2, 0.25) is 0 Å². The molecule has 182 valence electrons. The van der Waals surface area contributed by atoms with Gasteiger partial charge in [0.2, 0.25) is 0 Å². The summed E-state index contributed by atoms with van der Waals surface area (Å²) in [6.45, 7) is 1.31. The molecule has 0 atom stereocenters. The zero-order valence-electron chi connectivity index (χ0n) is 19.7. The van der Waals surface area contributed by atoms with Crippen LogP contribution in [-0.4, -0.2) is 40.3 Å². The highest BCUT2D eigenvalue weighted by molar-refractivity contribution is 5.97. The van der Waals surface area contributed by atoms with Crippen molar-refractivity contribution in [2.45, 2.75) is 25.4 Å². The molecule has 0 unspecified atom stereocenters. The van der Waals surface area contributed by atoms with Gasteiger partial charge in [0.05, 0.1) is 5.69 Å². The van der Waals surface area contributed by atoms with Crippen LogP contribution in [0.1, 0.15) is 40.4 Å². The van der Waals surface area contributed by atoms with E-state index in [0.29, 0.717) is 31.5 Å². The minimum Gasteiger partial charge on any atom is -0.445 e. The number of carbonyl (C=O) groups excluding carboxylic acids is 2. The Morgan fingerprint density at radius 1 is 1.00 bits per heavy atom. The summed E-state index contributed by atoms with van der Waals surface area (Å²) in [7, 11) is 0. The first kappa shape index (κ1) is 23.5. The summed E-state index contributed by atoms with van der Waals surface area (Å²) in [5, 5.41) is 0. The van der Waals surface area contributed by atoms with Crippen LogP contribution in [0.3, 0.4) is 0 Å². The summed E-state index contributed by atoms with van der Waals surface area (Å²) in [5.41, 5.74) is 5.57. The summed E-state index contributed by atoms with van der Waals surface area (Å²) in [6.07, 6.45) is 5.31. The molecule has 2 aromatic carbocycles. The highest BCUT2D eigenvalue weighted by Gasteiger charge is 2.30. The minimum absolute atomic E-state index is 0.0677. The Balaban J connectivity index is 1.37. The Labute approximate surface area is 208 Å². The molecule has 0 aliphatic carbocycles. The second kappa shape index (κ2) is 10.6. The molecule has 6 nitrogen and oxygen atoms in total. The zero-order chi connectivity index (χ0) is 24.9. The number of amides is 1. The van der Waals surface area contributed by atoms with Crippen LogP contribution in [0.25, 0.3) is 22.4 Å². The van der Waals surface area contributed by atoms with Crippen LogP contribution in [0.15, 0.2) is 79.1 Å². The van der Waals surface area contributed by atoms with E-state index in [-0.39, 0.29) is 24.4 Å². The van der Waals surface area contributed by atoms with E-state index < -0.39 is 0 Å². The lowest BCUT2D eigenvalue weighted by Gasteiger charge is -2.31. The number of benzene rings is 2. The van der Waals surface area contributed by atoms with E-state index in [9.17, 15) is 14.0 Å².